The van der Waals surface area contributed by atoms with Gasteiger partial charge in [0.15, 0.2) is 5.78 Å². The molecule has 1 aromatic heterocycles. The summed E-state index contributed by atoms with van der Waals surface area (Å²) in [6, 6.07) is 9.73. The van der Waals surface area contributed by atoms with E-state index in [0.717, 1.165) is 48.8 Å². The molecule has 2 heterocycles. The third-order valence-corrected chi connectivity index (χ3v) is 4.52. The van der Waals surface area contributed by atoms with Gasteiger partial charge in [0.2, 0.25) is 0 Å². The first kappa shape index (κ1) is 13.3. The van der Waals surface area contributed by atoms with E-state index >= 15 is 0 Å². The summed E-state index contributed by atoms with van der Waals surface area (Å²) in [6.45, 7) is 3.93. The second-order valence-corrected chi connectivity index (χ2v) is 5.62. The van der Waals surface area contributed by atoms with E-state index in [0.29, 0.717) is 0 Å². The van der Waals surface area contributed by atoms with E-state index < -0.39 is 0 Å². The maximum absolute atomic E-state index is 13.1. The number of hydrogen-bond donors (Lipinski definition) is 1. The van der Waals surface area contributed by atoms with Crippen LogP contribution in [0, 0.1) is 5.41 Å². The number of pyridine rings is 1. The molecular formula is C17H20N2O. The molecule has 2 aromatic rings. The summed E-state index contributed by atoms with van der Waals surface area (Å²) in [5.41, 5.74) is 1.47. The maximum Gasteiger partial charge on any atom is 0.170 e. The number of piperidine rings is 1. The van der Waals surface area contributed by atoms with Gasteiger partial charge in [0.05, 0.1) is 5.52 Å². The number of nitrogens with one attached hydrogen (secondary N) is 1. The van der Waals surface area contributed by atoms with Crippen LogP contribution in [0.1, 0.15) is 36.5 Å². The number of ketones is 1. The first-order valence-electron chi connectivity index (χ1n) is 7.36. The molecule has 1 aliphatic heterocycles. The van der Waals surface area contributed by atoms with Crippen LogP contribution in [0.15, 0.2) is 36.5 Å². The van der Waals surface area contributed by atoms with Gasteiger partial charge in [0.1, 0.15) is 0 Å². The van der Waals surface area contributed by atoms with Gasteiger partial charge in [-0.2, -0.15) is 0 Å². The van der Waals surface area contributed by atoms with Crippen LogP contribution in [0.2, 0.25) is 0 Å². The summed E-state index contributed by atoms with van der Waals surface area (Å²) in [7, 11) is 0. The molecule has 1 aromatic carbocycles. The van der Waals surface area contributed by atoms with Gasteiger partial charge in [-0.1, -0.05) is 25.1 Å². The zero-order valence-corrected chi connectivity index (χ0v) is 11.9. The Morgan fingerprint density at radius 3 is 3.00 bits per heavy atom. The molecule has 0 amide bonds. The van der Waals surface area contributed by atoms with Gasteiger partial charge >= 0.3 is 0 Å². The topological polar surface area (TPSA) is 42.0 Å². The molecule has 104 valence electrons. The van der Waals surface area contributed by atoms with Gasteiger partial charge in [-0.3, -0.25) is 9.78 Å². The second-order valence-electron chi connectivity index (χ2n) is 5.62. The Morgan fingerprint density at radius 2 is 2.25 bits per heavy atom. The SMILES string of the molecule is CCC1(C(=O)c2cccc3ncccc23)CCCNC1. The number of hydrogen-bond acceptors (Lipinski definition) is 3. The van der Waals surface area contributed by atoms with Crippen LogP contribution in [0.3, 0.4) is 0 Å². The fourth-order valence-electron chi connectivity index (χ4n) is 3.21. The Morgan fingerprint density at radius 1 is 1.35 bits per heavy atom. The average Bonchev–Trinajstić information content (AvgIpc) is 2.54. The van der Waals surface area contributed by atoms with E-state index in [4.69, 9.17) is 0 Å². The summed E-state index contributed by atoms with van der Waals surface area (Å²) < 4.78 is 0. The summed E-state index contributed by atoms with van der Waals surface area (Å²) in [5, 5.41) is 4.36. The number of fused-ring (bicyclic) bond motifs is 1. The number of benzene rings is 1. The fraction of sp³-hybridized carbons (Fsp3) is 0.412. The molecule has 1 unspecified atom stereocenters. The van der Waals surface area contributed by atoms with Gasteiger partial charge in [0, 0.05) is 29.1 Å². The van der Waals surface area contributed by atoms with Crippen LogP contribution >= 0.6 is 0 Å². The fourth-order valence-corrected chi connectivity index (χ4v) is 3.21. The van der Waals surface area contributed by atoms with Crippen molar-refractivity contribution >= 4 is 16.7 Å². The minimum absolute atomic E-state index is 0.248. The molecule has 3 rings (SSSR count). The Kier molecular flexibility index (Phi) is 3.53. The summed E-state index contributed by atoms with van der Waals surface area (Å²) in [4.78, 5) is 17.4. The van der Waals surface area contributed by atoms with Crippen molar-refractivity contribution in [1.82, 2.24) is 10.3 Å². The molecule has 1 aliphatic rings. The lowest BCUT2D eigenvalue weighted by Gasteiger charge is -2.35. The van der Waals surface area contributed by atoms with Crippen molar-refractivity contribution in [3.8, 4) is 0 Å². The van der Waals surface area contributed by atoms with Crippen LogP contribution < -0.4 is 5.32 Å². The highest BCUT2D eigenvalue weighted by Gasteiger charge is 2.38. The van der Waals surface area contributed by atoms with E-state index in [1.54, 1.807) is 6.20 Å². The number of aromatic nitrogens is 1. The van der Waals surface area contributed by atoms with E-state index in [-0.39, 0.29) is 11.2 Å². The van der Waals surface area contributed by atoms with Crippen LogP contribution in [0.25, 0.3) is 10.9 Å². The van der Waals surface area contributed by atoms with E-state index in [1.165, 1.54) is 0 Å². The molecule has 0 spiro atoms. The highest BCUT2D eigenvalue weighted by atomic mass is 16.1. The van der Waals surface area contributed by atoms with Gasteiger partial charge in [-0.25, -0.2) is 0 Å². The normalized spacial score (nSPS) is 22.9. The standard InChI is InChI=1S/C17H20N2O/c1-2-17(9-5-10-18-12-17)16(20)14-6-3-8-15-13(14)7-4-11-19-15/h3-4,6-8,11,18H,2,5,9-10,12H2,1H3. The number of rotatable bonds is 3. The molecule has 3 heteroatoms. The Labute approximate surface area is 119 Å². The van der Waals surface area contributed by atoms with Crippen LogP contribution in [0.5, 0.6) is 0 Å². The van der Waals surface area contributed by atoms with Crippen molar-refractivity contribution in [2.75, 3.05) is 13.1 Å². The van der Waals surface area contributed by atoms with Gasteiger partial charge in [0.25, 0.3) is 0 Å². The van der Waals surface area contributed by atoms with Gasteiger partial charge in [-0.05, 0) is 37.9 Å². The first-order chi connectivity index (χ1) is 9.77. The lowest BCUT2D eigenvalue weighted by Crippen LogP contribution is -2.45. The monoisotopic (exact) mass is 268 g/mol. The zero-order chi connectivity index (χ0) is 14.0. The molecule has 1 N–H and O–H groups in total. The minimum Gasteiger partial charge on any atom is -0.316 e. The summed E-state index contributed by atoms with van der Waals surface area (Å²) >= 11 is 0. The van der Waals surface area contributed by atoms with Crippen molar-refractivity contribution in [1.29, 1.82) is 0 Å². The van der Waals surface area contributed by atoms with Gasteiger partial charge in [-0.15, -0.1) is 0 Å². The first-order valence-corrected chi connectivity index (χ1v) is 7.36. The lowest BCUT2D eigenvalue weighted by atomic mass is 9.72. The summed E-state index contributed by atoms with van der Waals surface area (Å²) in [5.74, 6) is 0.269. The molecular weight excluding hydrogens is 248 g/mol. The highest BCUT2D eigenvalue weighted by Crippen LogP contribution is 2.35. The van der Waals surface area contributed by atoms with Crippen LogP contribution in [-0.4, -0.2) is 23.9 Å². The van der Waals surface area contributed by atoms with Crippen molar-refractivity contribution in [2.45, 2.75) is 26.2 Å². The number of Topliss-reactive ketones (excluding diaryl/α,β-unsaturated/α-hetero) is 1. The third-order valence-electron chi connectivity index (χ3n) is 4.52. The Balaban J connectivity index is 2.08. The molecule has 0 bridgehead atoms. The van der Waals surface area contributed by atoms with Crippen molar-refractivity contribution in [3.05, 3.63) is 42.1 Å². The maximum atomic E-state index is 13.1. The average molecular weight is 268 g/mol. The molecule has 0 aliphatic carbocycles. The molecule has 0 radical (unpaired) electrons. The number of nitrogens with zero attached hydrogens (tertiary/aromatic N) is 1. The van der Waals surface area contributed by atoms with E-state index in [1.807, 2.05) is 30.3 Å². The lowest BCUT2D eigenvalue weighted by molar-refractivity contribution is 0.0732. The van der Waals surface area contributed by atoms with Gasteiger partial charge < -0.3 is 5.32 Å². The van der Waals surface area contributed by atoms with E-state index in [2.05, 4.69) is 17.2 Å². The van der Waals surface area contributed by atoms with Crippen molar-refractivity contribution in [3.63, 3.8) is 0 Å². The molecule has 20 heavy (non-hydrogen) atoms. The molecule has 0 saturated carbocycles. The minimum atomic E-state index is -0.248. The summed E-state index contributed by atoms with van der Waals surface area (Å²) in [6.07, 6.45) is 4.71. The van der Waals surface area contributed by atoms with Crippen LogP contribution in [0.4, 0.5) is 0 Å². The zero-order valence-electron chi connectivity index (χ0n) is 11.9. The number of carbonyl (C=O) groups excluding carboxylic acids is 1. The third kappa shape index (κ3) is 2.12. The predicted octanol–water partition coefficient (Wildman–Crippen LogP) is 3.20. The molecule has 1 atom stereocenters. The quantitative estimate of drug-likeness (QED) is 0.869. The second kappa shape index (κ2) is 5.33. The number of carbonyl (C=O) groups is 1. The van der Waals surface area contributed by atoms with E-state index in [9.17, 15) is 4.79 Å². The smallest absolute Gasteiger partial charge is 0.170 e. The molecule has 1 saturated heterocycles. The Hall–Kier alpha value is -1.74. The highest BCUT2D eigenvalue weighted by molar-refractivity contribution is 6.10. The molecule has 3 nitrogen and oxygen atoms in total. The predicted molar refractivity (Wildman–Crippen MR) is 80.9 cm³/mol. The van der Waals surface area contributed by atoms with Crippen LogP contribution in [-0.2, 0) is 0 Å². The van der Waals surface area contributed by atoms with Crippen molar-refractivity contribution in [2.24, 2.45) is 5.41 Å². The largest absolute Gasteiger partial charge is 0.316 e. The van der Waals surface area contributed by atoms with Crippen molar-refractivity contribution < 1.29 is 4.79 Å². The Bertz CT molecular complexity index is 624. The molecule has 1 fully saturated rings.